The largest absolute Gasteiger partial charge is 0.393 e. The summed E-state index contributed by atoms with van der Waals surface area (Å²) in [4.78, 5) is 0. The van der Waals surface area contributed by atoms with E-state index in [9.17, 15) is 15.3 Å². The highest BCUT2D eigenvalue weighted by Gasteiger charge is 2.62. The van der Waals surface area contributed by atoms with Crippen LogP contribution in [0.5, 0.6) is 0 Å². The van der Waals surface area contributed by atoms with E-state index in [4.69, 9.17) is 0 Å². The van der Waals surface area contributed by atoms with E-state index >= 15 is 0 Å². The Balaban J connectivity index is 2.55. The van der Waals surface area contributed by atoms with Crippen LogP contribution in [0.25, 0.3) is 0 Å². The molecular formula is C28H30O3. The molecule has 3 heteroatoms. The zero-order chi connectivity index (χ0) is 22.4. The molecule has 0 amide bonds. The summed E-state index contributed by atoms with van der Waals surface area (Å²) in [5, 5.41) is 34.8. The Bertz CT molecular complexity index is 888. The number of hydrogen-bond donors (Lipinski definition) is 3. The first-order valence-electron chi connectivity index (χ1n) is 10.4. The highest BCUT2D eigenvalue weighted by atomic mass is 16.4. The number of aliphatic hydroxyl groups is 3. The predicted octanol–water partition coefficient (Wildman–Crippen LogP) is 4.63. The molecular weight excluding hydrogens is 384 g/mol. The van der Waals surface area contributed by atoms with Crippen LogP contribution in [0.15, 0.2) is 116 Å². The minimum Gasteiger partial charge on any atom is -0.393 e. The van der Waals surface area contributed by atoms with Crippen LogP contribution < -0.4 is 0 Å². The lowest BCUT2D eigenvalue weighted by molar-refractivity contribution is -0.191. The van der Waals surface area contributed by atoms with Crippen molar-refractivity contribution < 1.29 is 15.3 Å². The minimum atomic E-state index is -1.88. The third kappa shape index (κ3) is 3.66. The fourth-order valence-corrected chi connectivity index (χ4v) is 4.78. The maximum Gasteiger partial charge on any atom is 0.121 e. The minimum absolute atomic E-state index is 0.00207. The van der Waals surface area contributed by atoms with Crippen LogP contribution in [0.4, 0.5) is 0 Å². The Hall–Kier alpha value is -2.98. The van der Waals surface area contributed by atoms with Crippen LogP contribution in [0.2, 0.25) is 0 Å². The molecule has 3 aromatic rings. The molecule has 0 aliphatic carbocycles. The summed E-state index contributed by atoms with van der Waals surface area (Å²) in [6.07, 6.45) is 3.15. The van der Waals surface area contributed by atoms with Gasteiger partial charge in [-0.1, -0.05) is 103 Å². The van der Waals surface area contributed by atoms with Gasteiger partial charge in [0.05, 0.1) is 12.0 Å². The standard InChI is InChI=1S/C28H30O3/c1-3-20-26(30,22-29)27(31,21-4-2)28(23-14-8-5-9-15-23,24-16-10-6-11-17-24)25-18-12-7-13-19-25/h3-19,29-31H,1-2,20-22H2. The van der Waals surface area contributed by atoms with E-state index in [2.05, 4.69) is 13.2 Å². The van der Waals surface area contributed by atoms with Crippen molar-refractivity contribution in [2.24, 2.45) is 0 Å². The summed E-state index contributed by atoms with van der Waals surface area (Å²) in [5.74, 6) is 0. The van der Waals surface area contributed by atoms with Crippen molar-refractivity contribution in [1.82, 2.24) is 0 Å². The van der Waals surface area contributed by atoms with Gasteiger partial charge in [0.1, 0.15) is 11.2 Å². The van der Waals surface area contributed by atoms with Crippen molar-refractivity contribution in [1.29, 1.82) is 0 Å². The second kappa shape index (κ2) is 9.44. The van der Waals surface area contributed by atoms with Crippen LogP contribution in [-0.2, 0) is 5.41 Å². The molecule has 0 aliphatic rings. The third-order valence-corrected chi connectivity index (χ3v) is 6.19. The van der Waals surface area contributed by atoms with Gasteiger partial charge in [-0.2, -0.15) is 0 Å². The maximum absolute atomic E-state index is 12.6. The van der Waals surface area contributed by atoms with Crippen LogP contribution >= 0.6 is 0 Å². The molecule has 3 rings (SSSR count). The normalized spacial score (nSPS) is 15.5. The molecule has 0 saturated carbocycles. The number of rotatable bonds is 10. The van der Waals surface area contributed by atoms with Gasteiger partial charge in [0.15, 0.2) is 0 Å². The molecule has 0 radical (unpaired) electrons. The monoisotopic (exact) mass is 414 g/mol. The summed E-state index contributed by atoms with van der Waals surface area (Å²) < 4.78 is 0. The molecule has 160 valence electrons. The molecule has 31 heavy (non-hydrogen) atoms. The van der Waals surface area contributed by atoms with E-state index in [1.165, 1.54) is 6.08 Å². The Morgan fingerprint density at radius 1 is 0.613 bits per heavy atom. The third-order valence-electron chi connectivity index (χ3n) is 6.19. The summed E-state index contributed by atoms with van der Waals surface area (Å²) in [6.45, 7) is 6.99. The number of hydrogen-bond acceptors (Lipinski definition) is 3. The van der Waals surface area contributed by atoms with Crippen LogP contribution in [-0.4, -0.2) is 33.1 Å². The lowest BCUT2D eigenvalue weighted by atomic mass is 9.53. The molecule has 0 spiro atoms. The van der Waals surface area contributed by atoms with Crippen molar-refractivity contribution in [3.63, 3.8) is 0 Å². The molecule has 0 bridgehead atoms. The fraction of sp³-hybridized carbons (Fsp3) is 0.214. The van der Waals surface area contributed by atoms with Crippen LogP contribution in [0.3, 0.4) is 0 Å². The van der Waals surface area contributed by atoms with Crippen LogP contribution in [0.1, 0.15) is 29.5 Å². The van der Waals surface area contributed by atoms with Gasteiger partial charge >= 0.3 is 0 Å². The second-order valence-electron chi connectivity index (χ2n) is 7.88. The second-order valence-corrected chi connectivity index (χ2v) is 7.88. The Morgan fingerprint density at radius 3 is 1.26 bits per heavy atom. The van der Waals surface area contributed by atoms with Gasteiger partial charge in [-0.3, -0.25) is 0 Å². The van der Waals surface area contributed by atoms with Gasteiger partial charge in [0.25, 0.3) is 0 Å². The maximum atomic E-state index is 12.6. The molecule has 0 aromatic heterocycles. The molecule has 0 saturated heterocycles. The van der Waals surface area contributed by atoms with Crippen molar-refractivity contribution in [2.45, 2.75) is 29.5 Å². The lowest BCUT2D eigenvalue weighted by Gasteiger charge is -2.55. The van der Waals surface area contributed by atoms with Crippen molar-refractivity contribution in [3.8, 4) is 0 Å². The summed E-state index contributed by atoms with van der Waals surface area (Å²) in [7, 11) is 0. The lowest BCUT2D eigenvalue weighted by Crippen LogP contribution is -2.68. The van der Waals surface area contributed by atoms with E-state index in [0.29, 0.717) is 0 Å². The Morgan fingerprint density at radius 2 is 0.968 bits per heavy atom. The van der Waals surface area contributed by atoms with Gasteiger partial charge in [0, 0.05) is 0 Å². The van der Waals surface area contributed by atoms with E-state index in [1.807, 2.05) is 91.0 Å². The molecule has 0 heterocycles. The van der Waals surface area contributed by atoms with Crippen molar-refractivity contribution >= 4 is 0 Å². The average Bonchev–Trinajstić information content (AvgIpc) is 2.82. The molecule has 3 N–H and O–H groups in total. The highest BCUT2D eigenvalue weighted by molar-refractivity contribution is 5.55. The molecule has 3 nitrogen and oxygen atoms in total. The summed E-state index contributed by atoms with van der Waals surface area (Å²) in [5.41, 5.74) is -2.54. The van der Waals surface area contributed by atoms with Crippen molar-refractivity contribution in [3.05, 3.63) is 133 Å². The Labute approximate surface area is 184 Å². The summed E-state index contributed by atoms with van der Waals surface area (Å²) >= 11 is 0. The van der Waals surface area contributed by atoms with Crippen molar-refractivity contribution in [2.75, 3.05) is 6.61 Å². The summed E-state index contributed by atoms with van der Waals surface area (Å²) in [6, 6.07) is 28.9. The SMILES string of the molecule is C=CCC(O)(CO)C(O)(CC=C)C(c1ccccc1)(c1ccccc1)c1ccccc1. The fourth-order valence-electron chi connectivity index (χ4n) is 4.78. The first kappa shape index (κ1) is 22.7. The molecule has 3 aromatic carbocycles. The van der Waals surface area contributed by atoms with E-state index in [1.54, 1.807) is 6.08 Å². The van der Waals surface area contributed by atoms with Gasteiger partial charge < -0.3 is 15.3 Å². The predicted molar refractivity (Wildman–Crippen MR) is 126 cm³/mol. The molecule has 0 fully saturated rings. The van der Waals surface area contributed by atoms with E-state index in [-0.39, 0.29) is 12.8 Å². The quantitative estimate of drug-likeness (QED) is 0.335. The van der Waals surface area contributed by atoms with E-state index < -0.39 is 23.2 Å². The van der Waals surface area contributed by atoms with Gasteiger partial charge in [-0.05, 0) is 29.5 Å². The van der Waals surface area contributed by atoms with E-state index in [0.717, 1.165) is 16.7 Å². The average molecular weight is 415 g/mol. The van der Waals surface area contributed by atoms with Gasteiger partial charge in [0.2, 0.25) is 0 Å². The zero-order valence-electron chi connectivity index (χ0n) is 17.7. The van der Waals surface area contributed by atoms with Gasteiger partial charge in [-0.15, -0.1) is 13.2 Å². The highest BCUT2D eigenvalue weighted by Crippen LogP contribution is 2.54. The van der Waals surface area contributed by atoms with Crippen LogP contribution in [0, 0.1) is 0 Å². The Kier molecular flexibility index (Phi) is 6.91. The first-order valence-corrected chi connectivity index (χ1v) is 10.4. The zero-order valence-corrected chi connectivity index (χ0v) is 17.7. The molecule has 2 atom stereocenters. The smallest absolute Gasteiger partial charge is 0.121 e. The van der Waals surface area contributed by atoms with Gasteiger partial charge in [-0.25, -0.2) is 0 Å². The molecule has 0 aliphatic heterocycles. The number of benzene rings is 3. The first-order chi connectivity index (χ1) is 15.0. The number of aliphatic hydroxyl groups excluding tert-OH is 1. The topological polar surface area (TPSA) is 60.7 Å². The molecule has 2 unspecified atom stereocenters.